The largest absolute Gasteiger partial charge is 0.496 e. The van der Waals surface area contributed by atoms with Crippen molar-refractivity contribution in [3.05, 3.63) is 59.7 Å². The quantitative estimate of drug-likeness (QED) is 0.648. The van der Waals surface area contributed by atoms with E-state index in [2.05, 4.69) is 0 Å². The first kappa shape index (κ1) is 19.8. The summed E-state index contributed by atoms with van der Waals surface area (Å²) in [6.07, 6.45) is 3.21. The molecule has 0 bridgehead atoms. The zero-order valence-electron chi connectivity index (χ0n) is 17.5. The smallest absolute Gasteiger partial charge is 0.195 e. The molecule has 0 spiro atoms. The molecule has 2 aliphatic carbocycles. The van der Waals surface area contributed by atoms with Crippen LogP contribution in [0.3, 0.4) is 0 Å². The second-order valence-electron chi connectivity index (χ2n) is 8.12. The first-order valence-corrected chi connectivity index (χ1v) is 10.6. The molecule has 30 heavy (non-hydrogen) atoms. The maximum atomic E-state index is 6.47. The highest BCUT2D eigenvalue weighted by atomic mass is 16.8. The maximum Gasteiger partial charge on any atom is 0.195 e. The van der Waals surface area contributed by atoms with Gasteiger partial charge in [0.25, 0.3) is 0 Å². The van der Waals surface area contributed by atoms with E-state index in [0.717, 1.165) is 48.3 Å². The van der Waals surface area contributed by atoms with E-state index in [1.807, 2.05) is 48.5 Å². The van der Waals surface area contributed by atoms with Gasteiger partial charge in [-0.05, 0) is 25.0 Å². The number of hydrogen-bond acceptors (Lipinski definition) is 6. The average molecular weight is 412 g/mol. The van der Waals surface area contributed by atoms with Gasteiger partial charge in [-0.15, -0.1) is 0 Å². The Labute approximate surface area is 177 Å². The second-order valence-corrected chi connectivity index (χ2v) is 8.12. The van der Waals surface area contributed by atoms with Gasteiger partial charge < -0.3 is 28.4 Å². The van der Waals surface area contributed by atoms with Crippen molar-refractivity contribution >= 4 is 0 Å². The van der Waals surface area contributed by atoms with Gasteiger partial charge in [0, 0.05) is 24.0 Å². The molecule has 6 nitrogen and oxygen atoms in total. The molecule has 1 saturated heterocycles. The summed E-state index contributed by atoms with van der Waals surface area (Å²) in [5.41, 5.74) is 2.00. The Morgan fingerprint density at radius 2 is 1.17 bits per heavy atom. The predicted molar refractivity (Wildman–Crippen MR) is 109 cm³/mol. The topological polar surface area (TPSA) is 55.4 Å². The number of para-hydroxylation sites is 2. The Morgan fingerprint density at radius 3 is 1.53 bits per heavy atom. The summed E-state index contributed by atoms with van der Waals surface area (Å²) in [5, 5.41) is 0. The lowest BCUT2D eigenvalue weighted by Gasteiger charge is -2.62. The molecule has 1 heterocycles. The van der Waals surface area contributed by atoms with Gasteiger partial charge in [0.05, 0.1) is 27.4 Å². The monoisotopic (exact) mass is 412 g/mol. The zero-order chi connectivity index (χ0) is 20.6. The van der Waals surface area contributed by atoms with E-state index in [0.29, 0.717) is 13.2 Å². The molecule has 160 valence electrons. The van der Waals surface area contributed by atoms with Gasteiger partial charge in [-0.2, -0.15) is 0 Å². The molecule has 2 aromatic carbocycles. The van der Waals surface area contributed by atoms with Crippen molar-refractivity contribution in [1.29, 1.82) is 0 Å². The minimum absolute atomic E-state index is 0.124. The molecule has 5 rings (SSSR count). The molecule has 1 aliphatic heterocycles. The molecular formula is C24H28O6. The van der Waals surface area contributed by atoms with E-state index in [4.69, 9.17) is 28.4 Å². The molecule has 4 atom stereocenters. The summed E-state index contributed by atoms with van der Waals surface area (Å²) in [5.74, 6) is 0.256. The van der Waals surface area contributed by atoms with E-state index < -0.39 is 11.6 Å². The van der Waals surface area contributed by atoms with E-state index in [1.54, 1.807) is 14.2 Å². The number of fused-ring (bicyclic) bond motifs is 2. The van der Waals surface area contributed by atoms with Gasteiger partial charge in [-0.1, -0.05) is 36.4 Å². The molecule has 2 aromatic rings. The third-order valence-electron chi connectivity index (χ3n) is 6.50. The molecule has 2 saturated carbocycles. The molecule has 0 unspecified atom stereocenters. The van der Waals surface area contributed by atoms with Gasteiger partial charge in [-0.25, -0.2) is 0 Å². The number of hydrogen-bond donors (Lipinski definition) is 0. The first-order valence-electron chi connectivity index (χ1n) is 10.6. The fraction of sp³-hybridized carbons (Fsp3) is 0.500. The van der Waals surface area contributed by atoms with Crippen LogP contribution < -0.4 is 9.47 Å². The van der Waals surface area contributed by atoms with Crippen molar-refractivity contribution in [3.63, 3.8) is 0 Å². The van der Waals surface area contributed by atoms with Crippen LogP contribution in [-0.2, 0) is 32.2 Å². The van der Waals surface area contributed by atoms with E-state index in [1.165, 1.54) is 0 Å². The minimum Gasteiger partial charge on any atom is -0.496 e. The molecular weight excluding hydrogens is 384 g/mol. The van der Waals surface area contributed by atoms with Crippen LogP contribution in [-0.4, -0.2) is 38.0 Å². The average Bonchev–Trinajstić information content (AvgIpc) is 2.77. The van der Waals surface area contributed by atoms with Gasteiger partial charge in [0.1, 0.15) is 23.7 Å². The Kier molecular flexibility index (Phi) is 5.19. The van der Waals surface area contributed by atoms with Gasteiger partial charge in [0.2, 0.25) is 0 Å². The molecule has 3 fully saturated rings. The van der Waals surface area contributed by atoms with E-state index in [9.17, 15) is 0 Å². The van der Waals surface area contributed by atoms with Crippen molar-refractivity contribution in [2.45, 2.75) is 62.7 Å². The van der Waals surface area contributed by atoms with Crippen molar-refractivity contribution < 1.29 is 28.4 Å². The summed E-state index contributed by atoms with van der Waals surface area (Å²) < 4.78 is 36.4. The van der Waals surface area contributed by atoms with Crippen LogP contribution in [0.1, 0.15) is 36.8 Å². The summed E-state index contributed by atoms with van der Waals surface area (Å²) in [4.78, 5) is 0. The van der Waals surface area contributed by atoms with Crippen LogP contribution in [0.4, 0.5) is 0 Å². The Morgan fingerprint density at radius 1 is 0.733 bits per heavy atom. The molecule has 0 N–H and O–H groups in total. The molecule has 0 aromatic heterocycles. The normalized spacial score (nSPS) is 31.7. The van der Waals surface area contributed by atoms with Crippen LogP contribution >= 0.6 is 0 Å². The van der Waals surface area contributed by atoms with Gasteiger partial charge >= 0.3 is 0 Å². The Hall–Kier alpha value is -2.12. The van der Waals surface area contributed by atoms with Crippen LogP contribution in [0.2, 0.25) is 0 Å². The summed E-state index contributed by atoms with van der Waals surface area (Å²) >= 11 is 0. The third kappa shape index (κ3) is 3.28. The summed E-state index contributed by atoms with van der Waals surface area (Å²) in [6, 6.07) is 15.8. The van der Waals surface area contributed by atoms with E-state index in [-0.39, 0.29) is 12.2 Å². The second kappa shape index (κ2) is 7.85. The highest BCUT2D eigenvalue weighted by Gasteiger charge is 2.66. The highest BCUT2D eigenvalue weighted by molar-refractivity contribution is 5.33. The van der Waals surface area contributed by atoms with Crippen LogP contribution in [0.5, 0.6) is 11.5 Å². The predicted octanol–water partition coefficient (Wildman–Crippen LogP) is 4.20. The number of ether oxygens (including phenoxy) is 6. The highest BCUT2D eigenvalue weighted by Crippen LogP contribution is 2.55. The van der Waals surface area contributed by atoms with Crippen LogP contribution in [0.15, 0.2) is 48.5 Å². The van der Waals surface area contributed by atoms with Crippen molar-refractivity contribution in [2.24, 2.45) is 0 Å². The standard InChI is InChI=1S/C24H28O6/c1-25-19-9-5-3-7-17(19)15-27-23-13-11-21(23)30-24(14-12-22(24)29-23)28-16-18-8-4-6-10-20(18)26-2/h3-10,21-22H,11-16H2,1-2H3/t21-,22-,23+,24+/m0/s1. The molecule has 0 radical (unpaired) electrons. The summed E-state index contributed by atoms with van der Waals surface area (Å²) in [6.45, 7) is 0.845. The molecule has 0 amide bonds. The van der Waals surface area contributed by atoms with Crippen molar-refractivity contribution in [3.8, 4) is 11.5 Å². The maximum absolute atomic E-state index is 6.47. The molecule has 3 aliphatic rings. The Balaban J connectivity index is 1.25. The lowest BCUT2D eigenvalue weighted by atomic mass is 9.78. The van der Waals surface area contributed by atoms with Crippen LogP contribution in [0, 0.1) is 0 Å². The van der Waals surface area contributed by atoms with Crippen molar-refractivity contribution in [2.75, 3.05) is 14.2 Å². The lowest BCUT2D eigenvalue weighted by molar-refractivity contribution is -0.494. The SMILES string of the molecule is COc1ccccc1CO[C@@]12CC[C@@H]1O[C@]1(OCc3ccccc3OC)CC[C@@H]1O2. The molecule has 6 heteroatoms. The van der Waals surface area contributed by atoms with Crippen LogP contribution in [0.25, 0.3) is 0 Å². The van der Waals surface area contributed by atoms with Gasteiger partial charge in [0.15, 0.2) is 11.6 Å². The lowest BCUT2D eigenvalue weighted by Crippen LogP contribution is -2.73. The number of methoxy groups -OCH3 is 2. The third-order valence-corrected chi connectivity index (χ3v) is 6.50. The summed E-state index contributed by atoms with van der Waals surface area (Å²) in [7, 11) is 3.34. The first-order chi connectivity index (χ1) is 14.7. The fourth-order valence-electron chi connectivity index (χ4n) is 4.49. The van der Waals surface area contributed by atoms with Crippen molar-refractivity contribution in [1.82, 2.24) is 0 Å². The van der Waals surface area contributed by atoms with E-state index >= 15 is 0 Å². The number of rotatable bonds is 8. The fourth-order valence-corrected chi connectivity index (χ4v) is 4.49. The van der Waals surface area contributed by atoms with Gasteiger partial charge in [-0.3, -0.25) is 0 Å². The zero-order valence-corrected chi connectivity index (χ0v) is 17.5. The minimum atomic E-state index is -0.691. The Bertz CT molecular complexity index is 827. The number of benzene rings is 2.